The number of nitrogens with one attached hydrogen (secondary N) is 2. The van der Waals surface area contributed by atoms with Crippen LogP contribution in [0.1, 0.15) is 34.6 Å². The number of amides is 2. The summed E-state index contributed by atoms with van der Waals surface area (Å²) in [7, 11) is 3.38. The standard InChI is InChI=1S/C24H30FN3O4/c1-15-12-26-16(2)14-32-21-11-19(27-23(29)17-6-5-7-18(25)10-17)8-9-20(21)24(30)28(3)13-22(15)31-4/h5-11,15-16,22,26H,12-14H2,1-4H3,(H,27,29)/t15-,16+,22+/m0/s1. The monoisotopic (exact) mass is 443 g/mol. The summed E-state index contributed by atoms with van der Waals surface area (Å²) in [5, 5.41) is 6.17. The van der Waals surface area contributed by atoms with Crippen molar-refractivity contribution in [1.82, 2.24) is 10.2 Å². The molecule has 0 radical (unpaired) electrons. The highest BCUT2D eigenvalue weighted by molar-refractivity contribution is 6.05. The van der Waals surface area contributed by atoms with Gasteiger partial charge in [0.25, 0.3) is 11.8 Å². The van der Waals surface area contributed by atoms with Crippen molar-refractivity contribution < 1.29 is 23.5 Å². The van der Waals surface area contributed by atoms with Gasteiger partial charge >= 0.3 is 0 Å². The molecule has 32 heavy (non-hydrogen) atoms. The smallest absolute Gasteiger partial charge is 0.257 e. The van der Waals surface area contributed by atoms with Gasteiger partial charge in [-0.25, -0.2) is 4.39 Å². The Hall–Kier alpha value is -2.97. The third-order valence-corrected chi connectivity index (χ3v) is 5.57. The number of ether oxygens (including phenoxy) is 2. The maximum Gasteiger partial charge on any atom is 0.257 e. The van der Waals surface area contributed by atoms with Gasteiger partial charge in [0.05, 0.1) is 11.7 Å². The van der Waals surface area contributed by atoms with Gasteiger partial charge in [-0.3, -0.25) is 9.59 Å². The number of likely N-dealkylation sites (N-methyl/N-ethyl adjacent to an activating group) is 1. The number of methoxy groups -OCH3 is 1. The average Bonchev–Trinajstić information content (AvgIpc) is 2.78. The number of nitrogens with zero attached hydrogens (tertiary/aromatic N) is 1. The number of hydrogen-bond donors (Lipinski definition) is 2. The van der Waals surface area contributed by atoms with E-state index in [-0.39, 0.29) is 29.5 Å². The third kappa shape index (κ3) is 5.83. The summed E-state index contributed by atoms with van der Waals surface area (Å²) in [6.07, 6.45) is -0.114. The normalized spacial score (nSPS) is 22.2. The summed E-state index contributed by atoms with van der Waals surface area (Å²) >= 11 is 0. The van der Waals surface area contributed by atoms with E-state index in [1.807, 2.05) is 6.92 Å². The van der Waals surface area contributed by atoms with Crippen molar-refractivity contribution in [1.29, 1.82) is 0 Å². The minimum atomic E-state index is -0.489. The Kier molecular flexibility index (Phi) is 7.82. The lowest BCUT2D eigenvalue weighted by atomic mass is 10.0. The first-order valence-electron chi connectivity index (χ1n) is 10.6. The quantitative estimate of drug-likeness (QED) is 0.762. The molecule has 1 heterocycles. The molecule has 0 aliphatic carbocycles. The van der Waals surface area contributed by atoms with E-state index in [2.05, 4.69) is 17.6 Å². The summed E-state index contributed by atoms with van der Waals surface area (Å²) < 4.78 is 25.0. The van der Waals surface area contributed by atoms with E-state index in [0.29, 0.717) is 30.2 Å². The van der Waals surface area contributed by atoms with Crippen molar-refractivity contribution >= 4 is 17.5 Å². The van der Waals surface area contributed by atoms with Gasteiger partial charge in [0.1, 0.15) is 18.2 Å². The minimum Gasteiger partial charge on any atom is -0.491 e. The van der Waals surface area contributed by atoms with Crippen LogP contribution in [0.15, 0.2) is 42.5 Å². The fourth-order valence-corrected chi connectivity index (χ4v) is 3.57. The van der Waals surface area contributed by atoms with E-state index >= 15 is 0 Å². The lowest BCUT2D eigenvalue weighted by Crippen LogP contribution is -2.44. The molecule has 0 aromatic heterocycles. The molecule has 0 bridgehead atoms. The van der Waals surface area contributed by atoms with Crippen LogP contribution in [0.25, 0.3) is 0 Å². The highest BCUT2D eigenvalue weighted by Crippen LogP contribution is 2.26. The number of hydrogen-bond acceptors (Lipinski definition) is 5. The molecule has 7 nitrogen and oxygen atoms in total. The highest BCUT2D eigenvalue weighted by atomic mass is 19.1. The topological polar surface area (TPSA) is 79.9 Å². The molecule has 0 unspecified atom stereocenters. The molecule has 2 N–H and O–H groups in total. The fraction of sp³-hybridized carbons (Fsp3) is 0.417. The van der Waals surface area contributed by atoms with E-state index in [1.165, 1.54) is 24.3 Å². The molecule has 0 fully saturated rings. The van der Waals surface area contributed by atoms with Gasteiger partial charge in [0.15, 0.2) is 0 Å². The zero-order chi connectivity index (χ0) is 23.3. The SMILES string of the molecule is CO[C@@H]1CN(C)C(=O)c2ccc(NC(=O)c3cccc(F)c3)cc2OC[C@@H](C)NC[C@@H]1C. The van der Waals surface area contributed by atoms with Crippen LogP contribution in [-0.4, -0.2) is 62.7 Å². The fourth-order valence-electron chi connectivity index (χ4n) is 3.57. The van der Waals surface area contributed by atoms with Crippen molar-refractivity contribution in [2.45, 2.75) is 26.0 Å². The third-order valence-electron chi connectivity index (χ3n) is 5.57. The lowest BCUT2D eigenvalue weighted by Gasteiger charge is -2.30. The second kappa shape index (κ2) is 10.6. The van der Waals surface area contributed by atoms with Crippen molar-refractivity contribution in [3.8, 4) is 5.75 Å². The molecule has 1 aliphatic heterocycles. The largest absolute Gasteiger partial charge is 0.491 e. The number of anilines is 1. The molecule has 2 aromatic carbocycles. The number of halogens is 1. The van der Waals surface area contributed by atoms with Gasteiger partial charge in [-0.05, 0) is 43.2 Å². The summed E-state index contributed by atoms with van der Waals surface area (Å²) in [6, 6.07) is 10.4. The summed E-state index contributed by atoms with van der Waals surface area (Å²) in [6.45, 7) is 5.59. The molecule has 3 atom stereocenters. The van der Waals surface area contributed by atoms with E-state index in [1.54, 1.807) is 37.3 Å². The first kappa shape index (κ1) is 23.7. The summed E-state index contributed by atoms with van der Waals surface area (Å²) in [5.74, 6) is -0.559. The van der Waals surface area contributed by atoms with Gasteiger partial charge in [-0.15, -0.1) is 0 Å². The molecule has 3 rings (SSSR count). The number of carbonyl (C=O) groups is 2. The first-order valence-corrected chi connectivity index (χ1v) is 10.6. The van der Waals surface area contributed by atoms with Crippen molar-refractivity contribution in [2.75, 3.05) is 39.2 Å². The maximum atomic E-state index is 13.4. The first-order chi connectivity index (χ1) is 15.3. The Morgan fingerprint density at radius 1 is 1.25 bits per heavy atom. The minimum absolute atomic E-state index is 0.0422. The molecule has 0 saturated carbocycles. The second-order valence-corrected chi connectivity index (χ2v) is 8.23. The molecule has 0 spiro atoms. The van der Waals surface area contributed by atoms with Gasteiger partial charge in [-0.1, -0.05) is 13.0 Å². The molecule has 8 heteroatoms. The molecule has 2 aromatic rings. The molecular formula is C24H30FN3O4. The summed E-state index contributed by atoms with van der Waals surface area (Å²) in [4.78, 5) is 27.2. The second-order valence-electron chi connectivity index (χ2n) is 8.23. The number of fused-ring (bicyclic) bond motifs is 1. The molecule has 0 saturated heterocycles. The Morgan fingerprint density at radius 3 is 2.75 bits per heavy atom. The number of carbonyl (C=O) groups excluding carboxylic acids is 2. The molecule has 172 valence electrons. The number of rotatable bonds is 3. The molecule has 1 aliphatic rings. The van der Waals surface area contributed by atoms with Crippen LogP contribution in [-0.2, 0) is 4.74 Å². The van der Waals surface area contributed by atoms with Gasteiger partial charge in [0.2, 0.25) is 0 Å². The predicted octanol–water partition coefficient (Wildman–Crippen LogP) is 3.17. The molecule has 2 amide bonds. The predicted molar refractivity (Wildman–Crippen MR) is 121 cm³/mol. The van der Waals surface area contributed by atoms with E-state index in [0.717, 1.165) is 6.54 Å². The number of benzene rings is 2. The van der Waals surface area contributed by atoms with Crippen LogP contribution >= 0.6 is 0 Å². The van der Waals surface area contributed by atoms with Crippen molar-refractivity contribution in [3.63, 3.8) is 0 Å². The van der Waals surface area contributed by atoms with E-state index in [4.69, 9.17) is 9.47 Å². The Labute approximate surface area is 187 Å². The Morgan fingerprint density at radius 2 is 2.03 bits per heavy atom. The van der Waals surface area contributed by atoms with Crippen LogP contribution in [0.5, 0.6) is 5.75 Å². The van der Waals surface area contributed by atoms with Crippen molar-refractivity contribution in [2.24, 2.45) is 5.92 Å². The molecular weight excluding hydrogens is 413 g/mol. The van der Waals surface area contributed by atoms with Crippen LogP contribution in [0.3, 0.4) is 0 Å². The zero-order valence-electron chi connectivity index (χ0n) is 18.9. The summed E-state index contributed by atoms with van der Waals surface area (Å²) in [5.41, 5.74) is 1.04. The van der Waals surface area contributed by atoms with Gasteiger partial charge < -0.3 is 25.0 Å². The lowest BCUT2D eigenvalue weighted by molar-refractivity contribution is 0.0281. The Balaban J connectivity index is 1.87. The van der Waals surface area contributed by atoms with Crippen LogP contribution in [0.2, 0.25) is 0 Å². The van der Waals surface area contributed by atoms with Crippen molar-refractivity contribution in [3.05, 3.63) is 59.4 Å². The zero-order valence-corrected chi connectivity index (χ0v) is 18.9. The van der Waals surface area contributed by atoms with Crippen LogP contribution in [0, 0.1) is 11.7 Å². The van der Waals surface area contributed by atoms with Gasteiger partial charge in [0, 0.05) is 50.6 Å². The van der Waals surface area contributed by atoms with Crippen LogP contribution < -0.4 is 15.4 Å². The Bertz CT molecular complexity index is 968. The van der Waals surface area contributed by atoms with Crippen LogP contribution in [0.4, 0.5) is 10.1 Å². The highest BCUT2D eigenvalue weighted by Gasteiger charge is 2.25. The van der Waals surface area contributed by atoms with E-state index in [9.17, 15) is 14.0 Å². The average molecular weight is 444 g/mol. The van der Waals surface area contributed by atoms with E-state index < -0.39 is 11.7 Å². The van der Waals surface area contributed by atoms with Gasteiger partial charge in [-0.2, -0.15) is 0 Å². The maximum absolute atomic E-state index is 13.4.